The third-order valence-corrected chi connectivity index (χ3v) is 3.02. The molecule has 1 atom stereocenters. The molecular weight excluding hydrogens is 259 g/mol. The lowest BCUT2D eigenvalue weighted by atomic mass is 10.1. The first-order valence-electron chi connectivity index (χ1n) is 4.13. The first-order valence-corrected chi connectivity index (χ1v) is 6.70. The maximum Gasteiger partial charge on any atom is 0.264 e. The minimum absolute atomic E-state index is 0.388. The summed E-state index contributed by atoms with van der Waals surface area (Å²) in [6.45, 7) is 1.58. The van der Waals surface area contributed by atoms with Crippen molar-refractivity contribution < 1.29 is 12.6 Å². The van der Waals surface area contributed by atoms with Crippen molar-refractivity contribution in [1.29, 1.82) is 0 Å². The highest BCUT2D eigenvalue weighted by molar-refractivity contribution is 7.86. The van der Waals surface area contributed by atoms with Gasteiger partial charge in [0.1, 0.15) is 6.10 Å². The van der Waals surface area contributed by atoms with Gasteiger partial charge >= 0.3 is 0 Å². The molecule has 0 radical (unpaired) electrons. The average Bonchev–Trinajstić information content (AvgIpc) is 1.99. The second kappa shape index (κ2) is 4.70. The lowest BCUT2D eigenvalue weighted by molar-refractivity contribution is 0.237. The van der Waals surface area contributed by atoms with Gasteiger partial charge in [-0.05, 0) is 19.1 Å². The summed E-state index contributed by atoms with van der Waals surface area (Å²) in [6.07, 6.45) is 0.287. The standard InChI is InChI=1S/C9H10Cl2O3S/c1-6(14-15(2,12)13)9-7(10)4-3-5-8(9)11/h3-6H,1-2H3. The van der Waals surface area contributed by atoms with Crippen LogP contribution in [0, 0.1) is 0 Å². The van der Waals surface area contributed by atoms with Crippen LogP contribution in [0.4, 0.5) is 0 Å². The van der Waals surface area contributed by atoms with Crippen LogP contribution in [0.25, 0.3) is 0 Å². The maximum absolute atomic E-state index is 10.9. The van der Waals surface area contributed by atoms with E-state index in [9.17, 15) is 8.42 Å². The molecule has 0 aliphatic rings. The molecule has 1 rings (SSSR count). The number of benzene rings is 1. The van der Waals surface area contributed by atoms with E-state index in [0.29, 0.717) is 15.6 Å². The normalized spacial score (nSPS) is 13.9. The average molecular weight is 269 g/mol. The van der Waals surface area contributed by atoms with Gasteiger partial charge in [-0.15, -0.1) is 0 Å². The summed E-state index contributed by atoms with van der Waals surface area (Å²) >= 11 is 11.8. The number of rotatable bonds is 3. The molecule has 15 heavy (non-hydrogen) atoms. The van der Waals surface area contributed by atoms with Crippen LogP contribution in [0.15, 0.2) is 18.2 Å². The first kappa shape index (κ1) is 12.8. The molecule has 0 aliphatic heterocycles. The summed E-state index contributed by atoms with van der Waals surface area (Å²) < 4.78 is 26.6. The van der Waals surface area contributed by atoms with Crippen LogP contribution in [0.5, 0.6) is 0 Å². The molecule has 0 fully saturated rings. The summed E-state index contributed by atoms with van der Waals surface area (Å²) in [5.74, 6) is 0. The monoisotopic (exact) mass is 268 g/mol. The molecule has 1 aromatic carbocycles. The van der Waals surface area contributed by atoms with Crippen LogP contribution in [0.1, 0.15) is 18.6 Å². The van der Waals surface area contributed by atoms with Gasteiger partial charge in [-0.3, -0.25) is 4.18 Å². The highest BCUT2D eigenvalue weighted by atomic mass is 35.5. The molecule has 0 bridgehead atoms. The molecule has 1 unspecified atom stereocenters. The van der Waals surface area contributed by atoms with E-state index in [-0.39, 0.29) is 0 Å². The van der Waals surface area contributed by atoms with E-state index in [1.54, 1.807) is 25.1 Å². The molecule has 0 amide bonds. The Hall–Kier alpha value is -0.290. The summed E-state index contributed by atoms with van der Waals surface area (Å²) in [7, 11) is -3.52. The number of hydrogen-bond donors (Lipinski definition) is 0. The van der Waals surface area contributed by atoms with Crippen LogP contribution < -0.4 is 0 Å². The lowest BCUT2D eigenvalue weighted by Crippen LogP contribution is -2.08. The Bertz CT molecular complexity index is 436. The van der Waals surface area contributed by atoms with Crippen molar-refractivity contribution in [3.8, 4) is 0 Å². The Morgan fingerprint density at radius 1 is 1.27 bits per heavy atom. The van der Waals surface area contributed by atoms with Gasteiger partial charge in [-0.2, -0.15) is 8.42 Å². The van der Waals surface area contributed by atoms with Gasteiger partial charge < -0.3 is 0 Å². The smallest absolute Gasteiger partial charge is 0.262 e. The second-order valence-electron chi connectivity index (χ2n) is 3.08. The highest BCUT2D eigenvalue weighted by Gasteiger charge is 2.18. The van der Waals surface area contributed by atoms with E-state index in [0.717, 1.165) is 6.26 Å². The van der Waals surface area contributed by atoms with Crippen molar-refractivity contribution in [1.82, 2.24) is 0 Å². The molecule has 0 spiro atoms. The molecule has 6 heteroatoms. The predicted octanol–water partition coefficient (Wildman–Crippen LogP) is 3.03. The molecule has 0 aliphatic carbocycles. The largest absolute Gasteiger partial charge is 0.264 e. The van der Waals surface area contributed by atoms with Crippen molar-refractivity contribution in [2.45, 2.75) is 13.0 Å². The van der Waals surface area contributed by atoms with Crippen molar-refractivity contribution >= 4 is 33.3 Å². The van der Waals surface area contributed by atoms with Gasteiger partial charge in [-0.25, -0.2) is 0 Å². The van der Waals surface area contributed by atoms with Gasteiger partial charge in [0, 0.05) is 15.6 Å². The summed E-state index contributed by atoms with van der Waals surface area (Å²) in [5, 5.41) is 0.775. The highest BCUT2D eigenvalue weighted by Crippen LogP contribution is 2.32. The topological polar surface area (TPSA) is 43.4 Å². The van der Waals surface area contributed by atoms with E-state index in [1.807, 2.05) is 0 Å². The zero-order chi connectivity index (χ0) is 11.6. The Morgan fingerprint density at radius 3 is 2.13 bits per heavy atom. The minimum Gasteiger partial charge on any atom is -0.262 e. The van der Waals surface area contributed by atoms with Crippen molar-refractivity contribution in [3.05, 3.63) is 33.8 Å². The Morgan fingerprint density at radius 2 is 1.73 bits per heavy atom. The zero-order valence-corrected chi connectivity index (χ0v) is 10.5. The predicted molar refractivity (Wildman–Crippen MR) is 60.8 cm³/mol. The third-order valence-electron chi connectivity index (χ3n) is 1.73. The molecule has 0 aromatic heterocycles. The van der Waals surface area contributed by atoms with Gasteiger partial charge in [0.25, 0.3) is 10.1 Å². The van der Waals surface area contributed by atoms with Crippen molar-refractivity contribution in [3.63, 3.8) is 0 Å². The fourth-order valence-electron chi connectivity index (χ4n) is 1.21. The van der Waals surface area contributed by atoms with E-state index in [2.05, 4.69) is 0 Å². The summed E-state index contributed by atoms with van der Waals surface area (Å²) in [6, 6.07) is 4.94. The zero-order valence-electron chi connectivity index (χ0n) is 8.20. The number of hydrogen-bond acceptors (Lipinski definition) is 3. The molecular formula is C9H10Cl2O3S. The SMILES string of the molecule is CC(OS(C)(=O)=O)c1c(Cl)cccc1Cl. The molecule has 0 N–H and O–H groups in total. The molecule has 0 saturated carbocycles. The third kappa shape index (κ3) is 3.65. The Balaban J connectivity index is 3.06. The van der Waals surface area contributed by atoms with Crippen LogP contribution >= 0.6 is 23.2 Å². The fourth-order valence-corrected chi connectivity index (χ4v) is 2.53. The van der Waals surface area contributed by atoms with Crippen LogP contribution in [-0.4, -0.2) is 14.7 Å². The van der Waals surface area contributed by atoms with Gasteiger partial charge in [-0.1, -0.05) is 29.3 Å². The van der Waals surface area contributed by atoms with E-state index in [4.69, 9.17) is 27.4 Å². The van der Waals surface area contributed by atoms with Crippen molar-refractivity contribution in [2.75, 3.05) is 6.26 Å². The Kier molecular flexibility index (Phi) is 4.00. The first-order chi connectivity index (χ1) is 6.81. The van der Waals surface area contributed by atoms with Crippen LogP contribution in [-0.2, 0) is 14.3 Å². The van der Waals surface area contributed by atoms with E-state index >= 15 is 0 Å². The van der Waals surface area contributed by atoms with Crippen molar-refractivity contribution in [2.24, 2.45) is 0 Å². The van der Waals surface area contributed by atoms with Gasteiger partial charge in [0.05, 0.1) is 6.26 Å². The minimum atomic E-state index is -3.52. The molecule has 0 saturated heterocycles. The molecule has 3 nitrogen and oxygen atoms in total. The quantitative estimate of drug-likeness (QED) is 0.792. The van der Waals surface area contributed by atoms with Gasteiger partial charge in [0.15, 0.2) is 0 Å². The molecule has 84 valence electrons. The summed E-state index contributed by atoms with van der Waals surface area (Å²) in [4.78, 5) is 0. The second-order valence-corrected chi connectivity index (χ2v) is 5.49. The maximum atomic E-state index is 10.9. The summed E-state index contributed by atoms with van der Waals surface area (Å²) in [5.41, 5.74) is 0.478. The van der Waals surface area contributed by atoms with Crippen LogP contribution in [0.2, 0.25) is 10.0 Å². The van der Waals surface area contributed by atoms with Gasteiger partial charge in [0.2, 0.25) is 0 Å². The van der Waals surface area contributed by atoms with E-state index in [1.165, 1.54) is 0 Å². The van der Waals surface area contributed by atoms with Crippen LogP contribution in [0.3, 0.4) is 0 Å². The van der Waals surface area contributed by atoms with E-state index < -0.39 is 16.2 Å². The fraction of sp³-hybridized carbons (Fsp3) is 0.333. The molecule has 1 aromatic rings. The Labute approximate surface area is 99.1 Å². The molecule has 0 heterocycles. The lowest BCUT2D eigenvalue weighted by Gasteiger charge is -2.14. The number of halogens is 2.